The summed E-state index contributed by atoms with van der Waals surface area (Å²) in [5.74, 6) is -1.15. The molecule has 7 heteroatoms. The van der Waals surface area contributed by atoms with Crippen molar-refractivity contribution in [1.82, 2.24) is 0 Å². The van der Waals surface area contributed by atoms with Gasteiger partial charge in [0.2, 0.25) is 0 Å². The van der Waals surface area contributed by atoms with Crippen LogP contribution in [0.25, 0.3) is 0 Å². The number of hydrogen-bond donors (Lipinski definition) is 2. The maximum atomic E-state index is 10.5. The van der Waals surface area contributed by atoms with Gasteiger partial charge >= 0.3 is 57.4 Å². The van der Waals surface area contributed by atoms with Crippen LogP contribution >= 0.6 is 0 Å². The van der Waals surface area contributed by atoms with Crippen LogP contribution in [0.2, 0.25) is 0 Å². The summed E-state index contributed by atoms with van der Waals surface area (Å²) >= 11 is 0. The predicted molar refractivity (Wildman–Crippen MR) is 43.2 cm³/mol. The molecule has 70 valence electrons. The molecule has 0 spiro atoms. The molecule has 0 fully saturated rings. The van der Waals surface area contributed by atoms with Crippen molar-refractivity contribution in [2.45, 2.75) is 4.90 Å². The first-order valence-corrected chi connectivity index (χ1v) is 4.66. The normalized spacial score (nSPS) is 10.4. The molecule has 2 N–H and O–H groups in total. The Balaban J connectivity index is 0.00000169. The standard InChI is InChI=1S/C7H6O5S.K/c8-7(9)5-1-3-6(4-2-5)13(10,11)12;/h1-4H,(H,8,9)(H,10,11,12);/q;+1. The van der Waals surface area contributed by atoms with Gasteiger partial charge in [0.1, 0.15) is 0 Å². The van der Waals surface area contributed by atoms with Crippen LogP contribution in [0.5, 0.6) is 0 Å². The van der Waals surface area contributed by atoms with E-state index < -0.39 is 16.1 Å². The average molecular weight is 241 g/mol. The van der Waals surface area contributed by atoms with Crippen LogP contribution in [0.15, 0.2) is 29.2 Å². The van der Waals surface area contributed by atoms with Gasteiger partial charge in [0.05, 0.1) is 10.5 Å². The molecule has 0 amide bonds. The number of rotatable bonds is 2. The van der Waals surface area contributed by atoms with Gasteiger partial charge in [-0.05, 0) is 24.3 Å². The Kier molecular flexibility index (Phi) is 5.45. The Bertz CT molecular complexity index is 422. The Morgan fingerprint density at radius 3 is 1.86 bits per heavy atom. The first-order valence-electron chi connectivity index (χ1n) is 3.22. The van der Waals surface area contributed by atoms with Gasteiger partial charge in [-0.15, -0.1) is 0 Å². The fourth-order valence-corrected chi connectivity index (χ4v) is 1.25. The molecule has 0 saturated carbocycles. The van der Waals surface area contributed by atoms with Gasteiger partial charge in [-0.3, -0.25) is 4.55 Å². The monoisotopic (exact) mass is 241 g/mol. The summed E-state index contributed by atoms with van der Waals surface area (Å²) in [5.41, 5.74) is -0.0348. The van der Waals surface area contributed by atoms with Gasteiger partial charge in [-0.25, -0.2) is 4.79 Å². The predicted octanol–water partition coefficient (Wildman–Crippen LogP) is -2.36. The van der Waals surface area contributed by atoms with E-state index in [1.165, 1.54) is 0 Å². The van der Waals surface area contributed by atoms with Gasteiger partial charge in [0, 0.05) is 0 Å². The maximum absolute atomic E-state index is 10.5. The zero-order valence-electron chi connectivity index (χ0n) is 7.34. The summed E-state index contributed by atoms with van der Waals surface area (Å²) in [6.45, 7) is 0. The molecule has 0 heterocycles. The van der Waals surface area contributed by atoms with Crippen molar-refractivity contribution >= 4 is 16.1 Å². The second-order valence-corrected chi connectivity index (χ2v) is 3.73. The van der Waals surface area contributed by atoms with Crippen molar-refractivity contribution in [1.29, 1.82) is 0 Å². The number of hydrogen-bond acceptors (Lipinski definition) is 3. The molecule has 0 bridgehead atoms. The van der Waals surface area contributed by atoms with E-state index in [1.807, 2.05) is 0 Å². The molecule has 5 nitrogen and oxygen atoms in total. The van der Waals surface area contributed by atoms with Crippen LogP contribution < -0.4 is 51.4 Å². The molecule has 0 radical (unpaired) electrons. The first kappa shape index (κ1) is 14.2. The van der Waals surface area contributed by atoms with Crippen molar-refractivity contribution in [3.8, 4) is 0 Å². The Morgan fingerprint density at radius 1 is 1.14 bits per heavy atom. The first-order chi connectivity index (χ1) is 5.91. The smallest absolute Gasteiger partial charge is 0.478 e. The van der Waals surface area contributed by atoms with Gasteiger partial charge in [-0.1, -0.05) is 0 Å². The molecule has 0 aromatic heterocycles. The zero-order valence-corrected chi connectivity index (χ0v) is 11.3. The second kappa shape index (κ2) is 5.36. The summed E-state index contributed by atoms with van der Waals surface area (Å²) in [6, 6.07) is 4.26. The number of aromatic carboxylic acids is 1. The van der Waals surface area contributed by atoms with E-state index in [4.69, 9.17) is 9.66 Å². The van der Waals surface area contributed by atoms with E-state index >= 15 is 0 Å². The summed E-state index contributed by atoms with van der Waals surface area (Å²) in [7, 11) is -4.24. The number of carboxylic acids is 1. The Morgan fingerprint density at radius 2 is 1.57 bits per heavy atom. The molecule has 0 atom stereocenters. The number of carbonyl (C=O) groups is 1. The molecule has 0 saturated heterocycles. The molecule has 14 heavy (non-hydrogen) atoms. The van der Waals surface area contributed by atoms with Crippen LogP contribution in [-0.4, -0.2) is 24.0 Å². The quantitative estimate of drug-likeness (QED) is 0.446. The molecule has 1 aromatic rings. The van der Waals surface area contributed by atoms with E-state index in [0.29, 0.717) is 0 Å². The molecule has 1 aromatic carbocycles. The molecule has 0 aliphatic heterocycles. The second-order valence-electron chi connectivity index (χ2n) is 2.30. The summed E-state index contributed by atoms with van der Waals surface area (Å²) in [4.78, 5) is 10.0. The van der Waals surface area contributed by atoms with Crippen LogP contribution in [0.4, 0.5) is 0 Å². The molecule has 0 unspecified atom stereocenters. The van der Waals surface area contributed by atoms with E-state index in [2.05, 4.69) is 0 Å². The van der Waals surface area contributed by atoms with Gasteiger partial charge in [-0.2, -0.15) is 8.42 Å². The minimum atomic E-state index is -4.24. The van der Waals surface area contributed by atoms with Crippen molar-refractivity contribution in [3.63, 3.8) is 0 Å². The number of carboxylic acid groups (broad SMARTS) is 1. The largest absolute Gasteiger partial charge is 1.00 e. The molecular formula is C7H6KO5S+. The van der Waals surface area contributed by atoms with E-state index in [-0.39, 0.29) is 61.8 Å². The fraction of sp³-hybridized carbons (Fsp3) is 0. The fourth-order valence-electron chi connectivity index (χ4n) is 0.769. The maximum Gasteiger partial charge on any atom is 1.00 e. The Hall–Kier alpha value is 0.236. The topological polar surface area (TPSA) is 91.7 Å². The molecule has 0 aliphatic rings. The van der Waals surface area contributed by atoms with Crippen molar-refractivity contribution in [3.05, 3.63) is 29.8 Å². The van der Waals surface area contributed by atoms with E-state index in [0.717, 1.165) is 24.3 Å². The SMILES string of the molecule is O=C(O)c1ccc(S(=O)(=O)O)cc1.[K+]. The summed E-state index contributed by atoms with van der Waals surface area (Å²) in [6.07, 6.45) is 0. The number of benzene rings is 1. The summed E-state index contributed by atoms with van der Waals surface area (Å²) < 4.78 is 29.6. The van der Waals surface area contributed by atoms with Gasteiger partial charge in [0.15, 0.2) is 0 Å². The van der Waals surface area contributed by atoms with Gasteiger partial charge < -0.3 is 5.11 Å². The minimum Gasteiger partial charge on any atom is -0.478 e. The molecule has 0 aliphatic carbocycles. The van der Waals surface area contributed by atoms with Crippen molar-refractivity contribution in [2.75, 3.05) is 0 Å². The third-order valence-corrected chi connectivity index (χ3v) is 2.27. The van der Waals surface area contributed by atoms with Crippen LogP contribution in [-0.2, 0) is 10.1 Å². The Labute approximate surface area is 123 Å². The van der Waals surface area contributed by atoms with Crippen molar-refractivity contribution < 1.29 is 74.3 Å². The van der Waals surface area contributed by atoms with Crippen LogP contribution in [0, 0.1) is 0 Å². The average Bonchev–Trinajstić information content (AvgIpc) is 2.03. The van der Waals surface area contributed by atoms with Crippen LogP contribution in [0.1, 0.15) is 10.4 Å². The van der Waals surface area contributed by atoms with E-state index in [1.54, 1.807) is 0 Å². The van der Waals surface area contributed by atoms with Crippen molar-refractivity contribution in [2.24, 2.45) is 0 Å². The van der Waals surface area contributed by atoms with E-state index in [9.17, 15) is 13.2 Å². The third kappa shape index (κ3) is 3.77. The minimum absolute atomic E-state index is 0. The summed E-state index contributed by atoms with van der Waals surface area (Å²) in [5, 5.41) is 8.47. The zero-order chi connectivity index (χ0) is 10.1. The third-order valence-electron chi connectivity index (χ3n) is 1.40. The molecule has 1 rings (SSSR count). The van der Waals surface area contributed by atoms with Crippen LogP contribution in [0.3, 0.4) is 0 Å². The molecular weight excluding hydrogens is 235 g/mol. The van der Waals surface area contributed by atoms with Gasteiger partial charge in [0.25, 0.3) is 10.1 Å².